The Hall–Kier alpha value is -1.21. The van der Waals surface area contributed by atoms with Crippen molar-refractivity contribution in [3.8, 4) is 0 Å². The summed E-state index contributed by atoms with van der Waals surface area (Å²) in [5, 5.41) is 86.9. The lowest BCUT2D eigenvalue weighted by molar-refractivity contribution is -0.320. The van der Waals surface area contributed by atoms with Gasteiger partial charge in [-0.15, -0.1) is 0 Å². The number of aliphatic hydroxyl groups excluding tert-OH is 8. The minimum atomic E-state index is -1.69. The molecule has 3 rings (SSSR count). The van der Waals surface area contributed by atoms with Crippen LogP contribution >= 0.6 is 0 Å². The molecular formula is C23H46N6O13. The lowest BCUT2D eigenvalue weighted by Crippen LogP contribution is -2.70. The van der Waals surface area contributed by atoms with Gasteiger partial charge in [-0.25, -0.2) is 0 Å². The third-order valence-corrected chi connectivity index (χ3v) is 7.77. The van der Waals surface area contributed by atoms with Gasteiger partial charge < -0.3 is 93.4 Å². The normalized spacial score (nSPS) is 45.4. The van der Waals surface area contributed by atoms with Gasteiger partial charge in [0.25, 0.3) is 0 Å². The molecule has 1 amide bonds. The lowest BCUT2D eigenvalue weighted by Gasteiger charge is -2.49. The number of hydrogen-bond donors (Lipinski definition) is 14. The van der Waals surface area contributed by atoms with E-state index in [2.05, 4.69) is 10.6 Å². The van der Waals surface area contributed by atoms with E-state index in [4.69, 9.17) is 47.0 Å². The second-order valence-electron chi connectivity index (χ2n) is 10.8. The molecule has 246 valence electrons. The summed E-state index contributed by atoms with van der Waals surface area (Å²) in [6, 6.07) is -4.70. The van der Waals surface area contributed by atoms with Crippen molar-refractivity contribution in [1.82, 2.24) is 10.6 Å². The first-order chi connectivity index (χ1) is 19.9. The van der Waals surface area contributed by atoms with Crippen LogP contribution in [0.5, 0.6) is 0 Å². The number of hydrogen-bond acceptors (Lipinski definition) is 18. The molecule has 3 fully saturated rings. The van der Waals surface area contributed by atoms with Crippen LogP contribution in [0, 0.1) is 0 Å². The number of aliphatic hydroxyl groups is 8. The fourth-order valence-electron chi connectivity index (χ4n) is 5.23. The number of nitrogens with one attached hydrogen (secondary N) is 2. The molecule has 2 aliphatic heterocycles. The van der Waals surface area contributed by atoms with Crippen LogP contribution in [0.2, 0.25) is 0 Å². The Morgan fingerprint density at radius 2 is 1.50 bits per heavy atom. The van der Waals surface area contributed by atoms with Crippen LogP contribution in [0.4, 0.5) is 0 Å². The van der Waals surface area contributed by atoms with Crippen molar-refractivity contribution in [3.63, 3.8) is 0 Å². The average molecular weight is 615 g/mol. The molecule has 0 aromatic carbocycles. The SMILES string of the molecule is NCC(O)C(=O)NC1CC(N)C(OC2OC(CNCCO)C(O)C(O)C2N)C(O)C1OC1OC(CO)C(O)C(N)C1O. The van der Waals surface area contributed by atoms with Crippen molar-refractivity contribution >= 4 is 5.91 Å². The van der Waals surface area contributed by atoms with Crippen LogP contribution in [-0.4, -0.2) is 177 Å². The third kappa shape index (κ3) is 7.89. The van der Waals surface area contributed by atoms with E-state index in [-0.39, 0.29) is 26.1 Å². The number of amides is 1. The molecule has 16 atom stereocenters. The van der Waals surface area contributed by atoms with E-state index >= 15 is 0 Å². The van der Waals surface area contributed by atoms with Gasteiger partial charge in [0.05, 0.1) is 31.3 Å². The maximum absolute atomic E-state index is 12.5. The summed E-state index contributed by atoms with van der Waals surface area (Å²) in [6.45, 7) is -1.06. The zero-order valence-electron chi connectivity index (χ0n) is 22.9. The lowest BCUT2D eigenvalue weighted by atomic mass is 9.83. The molecule has 0 aromatic rings. The maximum atomic E-state index is 12.5. The third-order valence-electron chi connectivity index (χ3n) is 7.77. The Labute approximate surface area is 241 Å². The highest BCUT2D eigenvalue weighted by atomic mass is 16.7. The minimum absolute atomic E-state index is 0.0169. The molecule has 3 aliphatic rings. The molecule has 1 saturated carbocycles. The highest BCUT2D eigenvalue weighted by molar-refractivity contribution is 5.81. The molecule has 19 heteroatoms. The van der Waals surface area contributed by atoms with Gasteiger partial charge in [-0.2, -0.15) is 0 Å². The van der Waals surface area contributed by atoms with Gasteiger partial charge in [0.15, 0.2) is 12.6 Å². The van der Waals surface area contributed by atoms with Crippen LogP contribution in [0.1, 0.15) is 6.42 Å². The second kappa shape index (κ2) is 15.7. The molecule has 2 heterocycles. The Morgan fingerprint density at radius 3 is 2.12 bits per heavy atom. The summed E-state index contributed by atoms with van der Waals surface area (Å²) in [6.07, 6.45) is -17.4. The highest BCUT2D eigenvalue weighted by Gasteiger charge is 2.52. The van der Waals surface area contributed by atoms with E-state index < -0.39 is 117 Å². The molecule has 0 aromatic heterocycles. The van der Waals surface area contributed by atoms with E-state index in [0.29, 0.717) is 0 Å². The van der Waals surface area contributed by atoms with Gasteiger partial charge in [-0.1, -0.05) is 0 Å². The molecule has 16 unspecified atom stereocenters. The van der Waals surface area contributed by atoms with Gasteiger partial charge in [0, 0.05) is 25.7 Å². The summed E-state index contributed by atoms with van der Waals surface area (Å²) < 4.78 is 23.0. The molecule has 42 heavy (non-hydrogen) atoms. The highest BCUT2D eigenvalue weighted by Crippen LogP contribution is 2.31. The molecule has 1 aliphatic carbocycles. The number of carbonyl (C=O) groups is 1. The van der Waals surface area contributed by atoms with Crippen molar-refractivity contribution < 1.29 is 64.6 Å². The van der Waals surface area contributed by atoms with E-state index in [1.165, 1.54) is 0 Å². The zero-order valence-corrected chi connectivity index (χ0v) is 22.9. The molecule has 0 bridgehead atoms. The largest absolute Gasteiger partial charge is 0.395 e. The Kier molecular flexibility index (Phi) is 13.2. The first kappa shape index (κ1) is 35.3. The number of rotatable bonds is 12. The standard InChI is InChI=1S/C23H46N6O13/c24-4-9(32)21(38)29-8-3-7(25)19(41-22-13(27)16(35)15(34)10(39-22)5-28-1-2-30)18(37)20(8)42-23-17(36)12(26)14(33)11(6-31)40-23/h7-20,22-23,28,30-37H,1-6,24-27H2,(H,29,38). The topological polar surface area (TPSA) is 344 Å². The van der Waals surface area contributed by atoms with Crippen molar-refractivity contribution in [3.05, 3.63) is 0 Å². The fourth-order valence-corrected chi connectivity index (χ4v) is 5.23. The van der Waals surface area contributed by atoms with Crippen LogP contribution in [0.25, 0.3) is 0 Å². The zero-order chi connectivity index (χ0) is 31.3. The molecule has 0 spiro atoms. The summed E-state index contributed by atoms with van der Waals surface area (Å²) in [4.78, 5) is 12.5. The monoisotopic (exact) mass is 614 g/mol. The minimum Gasteiger partial charge on any atom is -0.395 e. The Balaban J connectivity index is 1.83. The van der Waals surface area contributed by atoms with E-state index in [9.17, 15) is 40.5 Å². The van der Waals surface area contributed by atoms with Gasteiger partial charge in [0.2, 0.25) is 5.91 Å². The van der Waals surface area contributed by atoms with Crippen molar-refractivity contribution in [2.24, 2.45) is 22.9 Å². The molecule has 0 radical (unpaired) electrons. The number of carbonyl (C=O) groups excluding carboxylic acids is 1. The van der Waals surface area contributed by atoms with Gasteiger partial charge in [0.1, 0.15) is 61.0 Å². The summed E-state index contributed by atoms with van der Waals surface area (Å²) in [7, 11) is 0. The smallest absolute Gasteiger partial charge is 0.250 e. The Bertz CT molecular complexity index is 851. The van der Waals surface area contributed by atoms with E-state index in [0.717, 1.165) is 0 Å². The number of ether oxygens (including phenoxy) is 4. The Morgan fingerprint density at radius 1 is 0.857 bits per heavy atom. The number of nitrogens with two attached hydrogens (primary N) is 4. The van der Waals surface area contributed by atoms with Gasteiger partial charge in [-0.05, 0) is 6.42 Å². The first-order valence-electron chi connectivity index (χ1n) is 13.8. The average Bonchev–Trinajstić information content (AvgIpc) is 2.97. The summed E-state index contributed by atoms with van der Waals surface area (Å²) in [5.41, 5.74) is 23.6. The van der Waals surface area contributed by atoms with Crippen LogP contribution in [-0.2, 0) is 23.7 Å². The van der Waals surface area contributed by atoms with Crippen LogP contribution < -0.4 is 33.6 Å². The van der Waals surface area contributed by atoms with Crippen LogP contribution in [0.15, 0.2) is 0 Å². The quantitative estimate of drug-likeness (QED) is 0.0907. The molecule has 2 saturated heterocycles. The van der Waals surface area contributed by atoms with Crippen LogP contribution in [0.3, 0.4) is 0 Å². The summed E-state index contributed by atoms with van der Waals surface area (Å²) in [5.74, 6) is -0.895. The molecule has 18 N–H and O–H groups in total. The van der Waals surface area contributed by atoms with E-state index in [1.54, 1.807) is 0 Å². The first-order valence-corrected chi connectivity index (χ1v) is 13.8. The molecular weight excluding hydrogens is 568 g/mol. The van der Waals surface area contributed by atoms with Crippen molar-refractivity contribution in [1.29, 1.82) is 0 Å². The van der Waals surface area contributed by atoms with E-state index in [1.807, 2.05) is 0 Å². The fraction of sp³-hybridized carbons (Fsp3) is 0.957. The van der Waals surface area contributed by atoms with Crippen molar-refractivity contribution in [2.75, 3.05) is 32.8 Å². The summed E-state index contributed by atoms with van der Waals surface area (Å²) >= 11 is 0. The van der Waals surface area contributed by atoms with Gasteiger partial charge in [-0.3, -0.25) is 4.79 Å². The maximum Gasteiger partial charge on any atom is 0.250 e. The van der Waals surface area contributed by atoms with Gasteiger partial charge >= 0.3 is 0 Å². The predicted octanol–water partition coefficient (Wildman–Crippen LogP) is -9.22. The second-order valence-corrected chi connectivity index (χ2v) is 10.8. The predicted molar refractivity (Wildman–Crippen MR) is 140 cm³/mol. The molecule has 19 nitrogen and oxygen atoms in total. The van der Waals surface area contributed by atoms with Crippen molar-refractivity contribution in [2.45, 2.75) is 104 Å².